The number of benzene rings is 3. The molecule has 0 atom stereocenters. The van der Waals surface area contributed by atoms with E-state index in [9.17, 15) is 21.6 Å². The van der Waals surface area contributed by atoms with Crippen molar-refractivity contribution < 1.29 is 26.4 Å². The van der Waals surface area contributed by atoms with Gasteiger partial charge in [0.25, 0.3) is 0 Å². The molecule has 4 rings (SSSR count). The molecule has 1 heterocycles. The third kappa shape index (κ3) is 7.12. The molecule has 0 bridgehead atoms. The monoisotopic (exact) mass is 557 g/mol. The van der Waals surface area contributed by atoms with Crippen molar-refractivity contribution in [2.45, 2.75) is 30.6 Å². The molecule has 1 aliphatic heterocycles. The summed E-state index contributed by atoms with van der Waals surface area (Å²) >= 11 is 0. The summed E-state index contributed by atoms with van der Waals surface area (Å²) in [6.07, 6.45) is 4.75. The van der Waals surface area contributed by atoms with E-state index < -0.39 is 32.5 Å². The third-order valence-electron chi connectivity index (χ3n) is 6.13. The molecule has 38 heavy (non-hydrogen) atoms. The molecule has 1 fully saturated rings. The van der Waals surface area contributed by atoms with Gasteiger partial charge in [0.15, 0.2) is 0 Å². The maximum Gasteiger partial charge on any atom is 0.245 e. The number of carbonyl (C=O) groups excluding carboxylic acids is 1. The molecule has 9 nitrogen and oxygen atoms in total. The lowest BCUT2D eigenvalue weighted by Gasteiger charge is -2.22. The molecule has 1 saturated heterocycles. The first-order chi connectivity index (χ1) is 18.1. The summed E-state index contributed by atoms with van der Waals surface area (Å²) in [7, 11) is -7.38. The van der Waals surface area contributed by atoms with Gasteiger partial charge < -0.3 is 10.1 Å². The van der Waals surface area contributed by atoms with E-state index in [1.165, 1.54) is 28.6 Å². The van der Waals surface area contributed by atoms with Gasteiger partial charge in [-0.15, -0.1) is 0 Å². The molecule has 0 radical (unpaired) electrons. The summed E-state index contributed by atoms with van der Waals surface area (Å²) in [4.78, 5) is 12.9. The van der Waals surface area contributed by atoms with Gasteiger partial charge in [-0.05, 0) is 73.5 Å². The van der Waals surface area contributed by atoms with E-state index in [1.54, 1.807) is 36.4 Å². The molecule has 1 amide bonds. The molecule has 0 aromatic heterocycles. The largest absolute Gasteiger partial charge is 0.457 e. The van der Waals surface area contributed by atoms with Crippen LogP contribution in [-0.4, -0.2) is 52.9 Å². The fraction of sp³-hybridized carbons (Fsp3) is 0.296. The number of nitrogens with zero attached hydrogens (tertiary/aromatic N) is 2. The summed E-state index contributed by atoms with van der Waals surface area (Å²) in [5.74, 6) is 0.598. The number of amides is 1. The smallest absolute Gasteiger partial charge is 0.245 e. The van der Waals surface area contributed by atoms with Crippen molar-refractivity contribution in [3.63, 3.8) is 0 Å². The van der Waals surface area contributed by atoms with E-state index in [0.717, 1.165) is 36.2 Å². The number of nitrogens with one attached hydrogen (secondary N) is 1. The van der Waals surface area contributed by atoms with Crippen LogP contribution in [0.3, 0.4) is 0 Å². The van der Waals surface area contributed by atoms with Gasteiger partial charge in [-0.2, -0.15) is 4.31 Å². The average Bonchev–Trinajstić information content (AvgIpc) is 3.19. The molecule has 0 unspecified atom stereocenters. The number of hydrogen-bond donors (Lipinski definition) is 1. The van der Waals surface area contributed by atoms with Crippen LogP contribution >= 0.6 is 0 Å². The summed E-state index contributed by atoms with van der Waals surface area (Å²) < 4.78 is 59.1. The summed E-state index contributed by atoms with van der Waals surface area (Å²) in [6.45, 7) is 0.550. The highest BCUT2D eigenvalue weighted by atomic mass is 32.2. The molecule has 3 aromatic rings. The SMILES string of the molecule is CS(=O)(=O)N(CC(=O)Nc1ccc(S(=O)(=O)N2CCCCCC2)cc1)c1ccc(Oc2ccccc2)cc1. The topological polar surface area (TPSA) is 113 Å². The Labute approximate surface area is 224 Å². The minimum Gasteiger partial charge on any atom is -0.457 e. The van der Waals surface area contributed by atoms with Crippen LogP contribution in [0.2, 0.25) is 0 Å². The molecule has 0 saturated carbocycles. The first kappa shape index (κ1) is 27.6. The number of anilines is 2. The lowest BCUT2D eigenvalue weighted by Crippen LogP contribution is -2.37. The van der Waals surface area contributed by atoms with Gasteiger partial charge in [0.05, 0.1) is 16.8 Å². The predicted molar refractivity (Wildman–Crippen MR) is 147 cm³/mol. The van der Waals surface area contributed by atoms with E-state index in [-0.39, 0.29) is 4.90 Å². The number of rotatable bonds is 9. The quantitative estimate of drug-likeness (QED) is 0.416. The predicted octanol–water partition coefficient (Wildman–Crippen LogP) is 4.45. The summed E-state index contributed by atoms with van der Waals surface area (Å²) in [5.41, 5.74) is 0.673. The Morgan fingerprint density at radius 2 is 1.39 bits per heavy atom. The Kier molecular flexibility index (Phi) is 8.70. The first-order valence-electron chi connectivity index (χ1n) is 12.3. The van der Waals surface area contributed by atoms with E-state index >= 15 is 0 Å². The second-order valence-electron chi connectivity index (χ2n) is 9.07. The minimum atomic E-state index is -3.77. The van der Waals surface area contributed by atoms with Crippen molar-refractivity contribution in [3.8, 4) is 11.5 Å². The van der Waals surface area contributed by atoms with Gasteiger partial charge in [0.1, 0.15) is 18.0 Å². The number of carbonyl (C=O) groups is 1. The second kappa shape index (κ2) is 12.0. The summed E-state index contributed by atoms with van der Waals surface area (Å²) in [5, 5.41) is 2.65. The van der Waals surface area contributed by atoms with Crippen molar-refractivity contribution in [1.29, 1.82) is 0 Å². The van der Waals surface area contributed by atoms with Gasteiger partial charge in [0, 0.05) is 18.8 Å². The van der Waals surface area contributed by atoms with Crippen LogP contribution in [0, 0.1) is 0 Å². The van der Waals surface area contributed by atoms with Gasteiger partial charge >= 0.3 is 0 Å². The normalized spacial score (nSPS) is 14.9. The van der Waals surface area contributed by atoms with Crippen LogP contribution in [-0.2, 0) is 24.8 Å². The Balaban J connectivity index is 1.42. The van der Waals surface area contributed by atoms with E-state index in [1.807, 2.05) is 18.2 Å². The fourth-order valence-electron chi connectivity index (χ4n) is 4.18. The van der Waals surface area contributed by atoms with Crippen molar-refractivity contribution in [2.24, 2.45) is 0 Å². The van der Waals surface area contributed by atoms with Crippen molar-refractivity contribution in [3.05, 3.63) is 78.9 Å². The highest BCUT2D eigenvalue weighted by molar-refractivity contribution is 7.92. The van der Waals surface area contributed by atoms with Crippen LogP contribution in [0.25, 0.3) is 0 Å². The second-order valence-corrected chi connectivity index (χ2v) is 12.9. The average molecular weight is 558 g/mol. The lowest BCUT2D eigenvalue weighted by atomic mass is 10.2. The Hall–Kier alpha value is -3.41. The Bertz CT molecular complexity index is 1430. The van der Waals surface area contributed by atoms with Crippen LogP contribution in [0.4, 0.5) is 11.4 Å². The highest BCUT2D eigenvalue weighted by Gasteiger charge is 2.25. The summed E-state index contributed by atoms with van der Waals surface area (Å²) in [6, 6.07) is 21.5. The van der Waals surface area contributed by atoms with Crippen molar-refractivity contribution in [1.82, 2.24) is 4.31 Å². The lowest BCUT2D eigenvalue weighted by molar-refractivity contribution is -0.114. The maximum atomic E-state index is 13.0. The van der Waals surface area contributed by atoms with Crippen molar-refractivity contribution in [2.75, 3.05) is 35.5 Å². The molecule has 3 aromatic carbocycles. The van der Waals surface area contributed by atoms with Gasteiger partial charge in [-0.25, -0.2) is 16.8 Å². The molecular weight excluding hydrogens is 526 g/mol. The molecule has 202 valence electrons. The Morgan fingerprint density at radius 1 is 0.816 bits per heavy atom. The van der Waals surface area contributed by atoms with E-state index in [2.05, 4.69) is 5.32 Å². The van der Waals surface area contributed by atoms with Crippen LogP contribution in [0.1, 0.15) is 25.7 Å². The van der Waals surface area contributed by atoms with Crippen LogP contribution in [0.15, 0.2) is 83.8 Å². The maximum absolute atomic E-state index is 13.0. The molecule has 11 heteroatoms. The van der Waals surface area contributed by atoms with E-state index in [0.29, 0.717) is 36.0 Å². The molecule has 1 N–H and O–H groups in total. The number of ether oxygens (including phenoxy) is 1. The molecule has 0 aliphatic carbocycles. The van der Waals surface area contributed by atoms with Crippen molar-refractivity contribution >= 4 is 37.3 Å². The Morgan fingerprint density at radius 3 is 1.97 bits per heavy atom. The zero-order valence-corrected chi connectivity index (χ0v) is 22.7. The zero-order valence-electron chi connectivity index (χ0n) is 21.1. The molecule has 1 aliphatic rings. The van der Waals surface area contributed by atoms with Gasteiger partial charge in [-0.1, -0.05) is 31.0 Å². The number of para-hydroxylation sites is 1. The van der Waals surface area contributed by atoms with E-state index in [4.69, 9.17) is 4.74 Å². The molecule has 0 spiro atoms. The van der Waals surface area contributed by atoms with Gasteiger partial charge in [0.2, 0.25) is 26.0 Å². The van der Waals surface area contributed by atoms with Crippen LogP contribution in [0.5, 0.6) is 11.5 Å². The number of sulfonamides is 2. The fourth-order valence-corrected chi connectivity index (χ4v) is 6.55. The molecular formula is C27H31N3O6S2. The first-order valence-corrected chi connectivity index (χ1v) is 15.6. The minimum absolute atomic E-state index is 0.160. The number of hydrogen-bond acceptors (Lipinski definition) is 6. The standard InChI is InChI=1S/C27H31N3O6S2/c1-37(32,33)30(23-13-15-25(16-14-23)36-24-9-5-4-6-10-24)21-27(31)28-22-11-17-26(18-12-22)38(34,35)29-19-7-2-3-8-20-29/h4-6,9-18H,2-3,7-8,19-21H2,1H3,(H,28,31). The van der Waals surface area contributed by atoms with Crippen LogP contribution < -0.4 is 14.4 Å². The third-order valence-corrected chi connectivity index (χ3v) is 9.19. The zero-order chi connectivity index (χ0) is 27.2. The highest BCUT2D eigenvalue weighted by Crippen LogP contribution is 2.26. The van der Waals surface area contributed by atoms with Gasteiger partial charge in [-0.3, -0.25) is 9.10 Å².